The molecule has 2 rings (SSSR count). The Morgan fingerprint density at radius 2 is 2.06 bits per heavy atom. The van der Waals surface area contributed by atoms with E-state index >= 15 is 0 Å². The summed E-state index contributed by atoms with van der Waals surface area (Å²) < 4.78 is 5.63. The molecule has 1 aliphatic rings. The molecule has 0 aromatic carbocycles. The van der Waals surface area contributed by atoms with Gasteiger partial charge in [0.25, 0.3) is 0 Å². The molecule has 18 heavy (non-hydrogen) atoms. The molecule has 0 radical (unpaired) electrons. The van der Waals surface area contributed by atoms with Gasteiger partial charge in [-0.05, 0) is 25.7 Å². The van der Waals surface area contributed by atoms with Crippen LogP contribution in [0.4, 0.5) is 0 Å². The molecule has 4 heteroatoms. The van der Waals surface area contributed by atoms with Gasteiger partial charge < -0.3 is 4.74 Å². The predicted octanol–water partition coefficient (Wildman–Crippen LogP) is 2.66. The third-order valence-corrected chi connectivity index (χ3v) is 3.93. The largest absolute Gasteiger partial charge is 0.370 e. The number of carbonyl (C=O) groups is 1. The fourth-order valence-electron chi connectivity index (χ4n) is 2.56. The Bertz CT molecular complexity index is 445. The van der Waals surface area contributed by atoms with E-state index in [1.54, 1.807) is 13.3 Å². The first-order valence-electron chi connectivity index (χ1n) is 6.61. The van der Waals surface area contributed by atoms with Gasteiger partial charge in [-0.1, -0.05) is 13.8 Å². The van der Waals surface area contributed by atoms with Crippen LogP contribution < -0.4 is 0 Å². The second-order valence-electron chi connectivity index (χ2n) is 4.74. The van der Waals surface area contributed by atoms with Crippen LogP contribution in [0.25, 0.3) is 0 Å². The first-order valence-corrected chi connectivity index (χ1v) is 6.61. The monoisotopic (exact) mass is 248 g/mol. The minimum Gasteiger partial charge on any atom is -0.370 e. The van der Waals surface area contributed by atoms with Crippen molar-refractivity contribution >= 4 is 5.78 Å². The van der Waals surface area contributed by atoms with Crippen molar-refractivity contribution in [2.45, 2.75) is 51.6 Å². The average molecular weight is 248 g/mol. The molecule has 4 nitrogen and oxygen atoms in total. The Kier molecular flexibility index (Phi) is 3.76. The molecule has 0 atom stereocenters. The van der Waals surface area contributed by atoms with E-state index in [4.69, 9.17) is 4.74 Å². The maximum absolute atomic E-state index is 11.7. The smallest absolute Gasteiger partial charge is 0.166 e. The number of rotatable bonds is 4. The first-order chi connectivity index (χ1) is 8.66. The number of hydrogen-bond donors (Lipinski definition) is 0. The summed E-state index contributed by atoms with van der Waals surface area (Å²) in [5, 5.41) is 0. The second-order valence-corrected chi connectivity index (χ2v) is 4.74. The van der Waals surface area contributed by atoms with Gasteiger partial charge in [0.15, 0.2) is 11.6 Å². The molecule has 0 saturated heterocycles. The number of Topliss-reactive ketones (excluding diaryl/α,β-unsaturated/α-hetero) is 1. The van der Waals surface area contributed by atoms with E-state index in [0.29, 0.717) is 17.8 Å². The molecule has 0 bridgehead atoms. The summed E-state index contributed by atoms with van der Waals surface area (Å²) in [6.07, 6.45) is 5.70. The van der Waals surface area contributed by atoms with E-state index in [2.05, 4.69) is 23.8 Å². The van der Waals surface area contributed by atoms with Crippen LogP contribution in [0, 0.1) is 0 Å². The molecule has 0 aliphatic heterocycles. The number of carbonyl (C=O) groups excluding carboxylic acids is 1. The van der Waals surface area contributed by atoms with Crippen LogP contribution in [0.15, 0.2) is 6.20 Å². The van der Waals surface area contributed by atoms with Crippen LogP contribution in [-0.2, 0) is 16.8 Å². The Morgan fingerprint density at radius 3 is 2.67 bits per heavy atom. The highest BCUT2D eigenvalue weighted by Crippen LogP contribution is 2.31. The zero-order valence-corrected chi connectivity index (χ0v) is 11.3. The molecule has 1 heterocycles. The van der Waals surface area contributed by atoms with Gasteiger partial charge in [0.05, 0.1) is 11.3 Å². The summed E-state index contributed by atoms with van der Waals surface area (Å²) in [6, 6.07) is 0. The average Bonchev–Trinajstić information content (AvgIpc) is 2.42. The summed E-state index contributed by atoms with van der Waals surface area (Å²) in [7, 11) is 1.70. The topological polar surface area (TPSA) is 52.1 Å². The quantitative estimate of drug-likeness (QED) is 0.822. The molecule has 98 valence electrons. The number of aromatic nitrogens is 2. The highest BCUT2D eigenvalue weighted by atomic mass is 16.5. The lowest BCUT2D eigenvalue weighted by atomic mass is 9.93. The zero-order valence-electron chi connectivity index (χ0n) is 11.3. The van der Waals surface area contributed by atoms with Crippen molar-refractivity contribution < 1.29 is 9.53 Å². The highest BCUT2D eigenvalue weighted by molar-refractivity contribution is 5.97. The van der Waals surface area contributed by atoms with Crippen molar-refractivity contribution in [2.75, 3.05) is 7.11 Å². The molecule has 0 fully saturated rings. The van der Waals surface area contributed by atoms with Crippen molar-refractivity contribution in [3.05, 3.63) is 23.3 Å². The number of ketones is 1. The van der Waals surface area contributed by atoms with E-state index in [9.17, 15) is 4.79 Å². The third kappa shape index (κ3) is 2.05. The Labute approximate surface area is 108 Å². The van der Waals surface area contributed by atoms with Gasteiger partial charge >= 0.3 is 0 Å². The first kappa shape index (κ1) is 13.1. The van der Waals surface area contributed by atoms with Crippen LogP contribution in [0.5, 0.6) is 0 Å². The lowest BCUT2D eigenvalue weighted by molar-refractivity contribution is -0.0293. The zero-order chi connectivity index (χ0) is 13.2. The van der Waals surface area contributed by atoms with Crippen LogP contribution >= 0.6 is 0 Å². The van der Waals surface area contributed by atoms with Crippen LogP contribution in [0.3, 0.4) is 0 Å². The summed E-state index contributed by atoms with van der Waals surface area (Å²) in [5.74, 6) is 0.877. The standard InChI is InChI=1S/C14H20N2O2/c1-4-14(5-2,18-3)13-15-9-10-11(16-13)7-6-8-12(10)17/h9H,4-8H2,1-3H3. The Morgan fingerprint density at radius 1 is 1.33 bits per heavy atom. The van der Waals surface area contributed by atoms with Crippen molar-refractivity contribution in [1.82, 2.24) is 9.97 Å². The van der Waals surface area contributed by atoms with E-state index in [0.717, 1.165) is 31.4 Å². The molecule has 1 aromatic heterocycles. The lowest BCUT2D eigenvalue weighted by Gasteiger charge is -2.29. The summed E-state index contributed by atoms with van der Waals surface area (Å²) in [6.45, 7) is 4.14. The number of ether oxygens (including phenoxy) is 1. The molecule has 1 aliphatic carbocycles. The molecule has 0 spiro atoms. The van der Waals surface area contributed by atoms with Crippen molar-refractivity contribution in [1.29, 1.82) is 0 Å². The van der Waals surface area contributed by atoms with E-state index in [1.165, 1.54) is 0 Å². The maximum atomic E-state index is 11.7. The Hall–Kier alpha value is -1.29. The van der Waals surface area contributed by atoms with Crippen molar-refractivity contribution in [3.8, 4) is 0 Å². The van der Waals surface area contributed by atoms with Gasteiger partial charge in [-0.3, -0.25) is 4.79 Å². The lowest BCUT2D eigenvalue weighted by Crippen LogP contribution is -2.30. The fourth-order valence-corrected chi connectivity index (χ4v) is 2.56. The van der Waals surface area contributed by atoms with Crippen LogP contribution in [-0.4, -0.2) is 22.9 Å². The second kappa shape index (κ2) is 5.14. The normalized spacial score (nSPS) is 15.6. The number of aryl methyl sites for hydroxylation is 1. The van der Waals surface area contributed by atoms with Gasteiger partial charge in [0, 0.05) is 19.7 Å². The SMILES string of the molecule is CCC(CC)(OC)c1ncc2c(n1)CCCC2=O. The predicted molar refractivity (Wildman–Crippen MR) is 68.6 cm³/mol. The molecule has 0 unspecified atom stereocenters. The Balaban J connectivity index is 2.44. The summed E-state index contributed by atoms with van der Waals surface area (Å²) in [5.41, 5.74) is 1.16. The van der Waals surface area contributed by atoms with Crippen molar-refractivity contribution in [2.24, 2.45) is 0 Å². The molecule has 0 saturated carbocycles. The number of nitrogens with zero attached hydrogens (tertiary/aromatic N) is 2. The molecular weight excluding hydrogens is 228 g/mol. The molecule has 0 N–H and O–H groups in total. The highest BCUT2D eigenvalue weighted by Gasteiger charge is 2.32. The van der Waals surface area contributed by atoms with E-state index in [-0.39, 0.29) is 5.78 Å². The van der Waals surface area contributed by atoms with Gasteiger partial charge in [-0.25, -0.2) is 9.97 Å². The van der Waals surface area contributed by atoms with Crippen LogP contribution in [0.2, 0.25) is 0 Å². The number of methoxy groups -OCH3 is 1. The van der Waals surface area contributed by atoms with Gasteiger partial charge in [-0.2, -0.15) is 0 Å². The fraction of sp³-hybridized carbons (Fsp3) is 0.643. The van der Waals surface area contributed by atoms with E-state index in [1.807, 2.05) is 0 Å². The third-order valence-electron chi connectivity index (χ3n) is 3.93. The van der Waals surface area contributed by atoms with Gasteiger partial charge in [0.1, 0.15) is 5.60 Å². The van der Waals surface area contributed by atoms with Gasteiger partial charge in [0.2, 0.25) is 0 Å². The minimum atomic E-state index is -0.421. The number of fused-ring (bicyclic) bond motifs is 1. The summed E-state index contributed by atoms with van der Waals surface area (Å²) in [4.78, 5) is 20.7. The van der Waals surface area contributed by atoms with Gasteiger partial charge in [-0.15, -0.1) is 0 Å². The van der Waals surface area contributed by atoms with E-state index < -0.39 is 5.60 Å². The molecule has 1 aromatic rings. The number of hydrogen-bond acceptors (Lipinski definition) is 4. The summed E-state index contributed by atoms with van der Waals surface area (Å²) >= 11 is 0. The minimum absolute atomic E-state index is 0.166. The molecule has 0 amide bonds. The van der Waals surface area contributed by atoms with Crippen LogP contribution in [0.1, 0.15) is 61.4 Å². The maximum Gasteiger partial charge on any atom is 0.166 e. The molecular formula is C14H20N2O2. The van der Waals surface area contributed by atoms with Crippen molar-refractivity contribution in [3.63, 3.8) is 0 Å².